The van der Waals surface area contributed by atoms with Crippen LogP contribution in [0.5, 0.6) is 0 Å². The first-order chi connectivity index (χ1) is 15.0. The molecule has 0 saturated carbocycles. The summed E-state index contributed by atoms with van der Waals surface area (Å²) >= 11 is 5.82. The molecular weight excluding hydrogens is 414 g/mol. The molecule has 1 saturated heterocycles. The predicted molar refractivity (Wildman–Crippen MR) is 122 cm³/mol. The minimum atomic E-state index is -0.169. The van der Waals surface area contributed by atoms with Gasteiger partial charge in [-0.25, -0.2) is 0 Å². The molecule has 2 amide bonds. The van der Waals surface area contributed by atoms with Crippen LogP contribution in [0.2, 0.25) is 5.02 Å². The minimum absolute atomic E-state index is 0.0308. The molecule has 3 rings (SSSR count). The highest BCUT2D eigenvalue weighted by molar-refractivity contribution is 6.30. The average Bonchev–Trinajstić information content (AvgIpc) is 2.78. The third kappa shape index (κ3) is 7.98. The Hall–Kier alpha value is -2.41. The monoisotopic (exact) mass is 443 g/mol. The molecule has 0 spiro atoms. The van der Waals surface area contributed by atoms with Gasteiger partial charge in [0.05, 0.1) is 6.10 Å². The summed E-state index contributed by atoms with van der Waals surface area (Å²) in [5, 5.41) is 15.9. The van der Waals surface area contributed by atoms with Gasteiger partial charge >= 0.3 is 0 Å². The van der Waals surface area contributed by atoms with Crippen LogP contribution in [0.3, 0.4) is 0 Å². The number of piperidine rings is 1. The zero-order chi connectivity index (χ0) is 22.1. The van der Waals surface area contributed by atoms with Gasteiger partial charge in [-0.3, -0.25) is 14.5 Å². The molecule has 1 fully saturated rings. The number of benzene rings is 2. The quantitative estimate of drug-likeness (QED) is 0.520. The summed E-state index contributed by atoms with van der Waals surface area (Å²) < 4.78 is 0. The number of likely N-dealkylation sites (tertiary alicyclic amines) is 1. The normalized spacial score (nSPS) is 14.9. The molecule has 1 heterocycles. The van der Waals surface area contributed by atoms with Gasteiger partial charge in [0.25, 0.3) is 5.91 Å². The fourth-order valence-electron chi connectivity index (χ4n) is 3.54. The highest BCUT2D eigenvalue weighted by atomic mass is 35.5. The fourth-order valence-corrected chi connectivity index (χ4v) is 3.67. The molecule has 2 aromatic carbocycles. The second kappa shape index (κ2) is 11.8. The molecule has 166 valence electrons. The van der Waals surface area contributed by atoms with E-state index in [1.807, 2.05) is 12.1 Å². The minimum Gasteiger partial charge on any atom is -0.393 e. The van der Waals surface area contributed by atoms with Crippen molar-refractivity contribution in [1.82, 2.24) is 15.5 Å². The van der Waals surface area contributed by atoms with Crippen molar-refractivity contribution in [2.24, 2.45) is 0 Å². The van der Waals surface area contributed by atoms with E-state index in [1.54, 1.807) is 24.3 Å². The summed E-state index contributed by atoms with van der Waals surface area (Å²) in [6, 6.07) is 15.0. The van der Waals surface area contributed by atoms with Gasteiger partial charge in [0.2, 0.25) is 5.91 Å². The van der Waals surface area contributed by atoms with E-state index in [0.29, 0.717) is 36.5 Å². The molecule has 1 aliphatic heterocycles. The van der Waals surface area contributed by atoms with Crippen LogP contribution >= 0.6 is 11.6 Å². The molecule has 0 bridgehead atoms. The summed E-state index contributed by atoms with van der Waals surface area (Å²) in [4.78, 5) is 26.4. The molecule has 0 atom stereocenters. The molecular formula is C24H30ClN3O3. The Morgan fingerprint density at radius 3 is 2.29 bits per heavy atom. The second-order valence-electron chi connectivity index (χ2n) is 7.97. The fraction of sp³-hybridized carbons (Fsp3) is 0.417. The van der Waals surface area contributed by atoms with Crippen LogP contribution < -0.4 is 10.6 Å². The van der Waals surface area contributed by atoms with Gasteiger partial charge < -0.3 is 15.7 Å². The molecule has 6 nitrogen and oxygen atoms in total. The molecule has 3 N–H and O–H groups in total. The second-order valence-corrected chi connectivity index (χ2v) is 8.40. The van der Waals surface area contributed by atoms with Gasteiger partial charge in [0, 0.05) is 49.7 Å². The maximum absolute atomic E-state index is 12.1. The molecule has 0 aliphatic carbocycles. The molecule has 1 aliphatic rings. The van der Waals surface area contributed by atoms with Crippen molar-refractivity contribution in [2.75, 3.05) is 19.6 Å². The standard InChI is InChI=1S/C24H30ClN3O3/c25-21-9-7-20(8-10-21)24(31)26-13-1-2-23(30)27-16-18-3-5-19(6-4-18)17-28-14-11-22(29)12-15-28/h3-10,22,29H,1-2,11-17H2,(H,26,31)(H,27,30). The molecule has 0 radical (unpaired) electrons. The van der Waals surface area contributed by atoms with Gasteiger partial charge in [-0.05, 0) is 54.7 Å². The largest absolute Gasteiger partial charge is 0.393 e. The van der Waals surface area contributed by atoms with E-state index in [2.05, 4.69) is 27.7 Å². The maximum atomic E-state index is 12.1. The Morgan fingerprint density at radius 1 is 0.968 bits per heavy atom. The van der Waals surface area contributed by atoms with E-state index in [0.717, 1.165) is 38.0 Å². The van der Waals surface area contributed by atoms with E-state index < -0.39 is 0 Å². The van der Waals surface area contributed by atoms with Crippen molar-refractivity contribution >= 4 is 23.4 Å². The number of aliphatic hydroxyl groups is 1. The topological polar surface area (TPSA) is 81.7 Å². The Kier molecular flexibility index (Phi) is 8.88. The molecule has 0 aromatic heterocycles. The van der Waals surface area contributed by atoms with Gasteiger partial charge in [-0.15, -0.1) is 0 Å². The number of nitrogens with one attached hydrogen (secondary N) is 2. The van der Waals surface area contributed by atoms with E-state index in [-0.39, 0.29) is 17.9 Å². The van der Waals surface area contributed by atoms with Crippen molar-refractivity contribution in [3.63, 3.8) is 0 Å². The number of carbonyl (C=O) groups excluding carboxylic acids is 2. The number of hydrogen-bond acceptors (Lipinski definition) is 4. The number of hydrogen-bond donors (Lipinski definition) is 3. The predicted octanol–water partition coefficient (Wildman–Crippen LogP) is 3.12. The summed E-state index contributed by atoms with van der Waals surface area (Å²) in [5.74, 6) is -0.199. The van der Waals surface area contributed by atoms with E-state index in [1.165, 1.54) is 5.56 Å². The highest BCUT2D eigenvalue weighted by Gasteiger charge is 2.16. The summed E-state index contributed by atoms with van der Waals surface area (Å²) in [7, 11) is 0. The Bertz CT molecular complexity index is 847. The van der Waals surface area contributed by atoms with Crippen molar-refractivity contribution in [3.05, 3.63) is 70.2 Å². The molecule has 7 heteroatoms. The lowest BCUT2D eigenvalue weighted by atomic mass is 10.1. The zero-order valence-corrected chi connectivity index (χ0v) is 18.4. The molecule has 0 unspecified atom stereocenters. The van der Waals surface area contributed by atoms with Crippen LogP contribution in [-0.2, 0) is 17.9 Å². The van der Waals surface area contributed by atoms with E-state index in [9.17, 15) is 14.7 Å². The third-order valence-electron chi connectivity index (χ3n) is 5.45. The Labute approximate surface area is 188 Å². The summed E-state index contributed by atoms with van der Waals surface area (Å²) in [5.41, 5.74) is 2.85. The van der Waals surface area contributed by atoms with Crippen molar-refractivity contribution in [2.45, 2.75) is 44.9 Å². The maximum Gasteiger partial charge on any atom is 0.251 e. The van der Waals surface area contributed by atoms with Gasteiger partial charge in [0.1, 0.15) is 0 Å². The summed E-state index contributed by atoms with van der Waals surface area (Å²) in [6.07, 6.45) is 2.47. The highest BCUT2D eigenvalue weighted by Crippen LogP contribution is 2.14. The lowest BCUT2D eigenvalue weighted by Gasteiger charge is -2.29. The van der Waals surface area contributed by atoms with Crippen LogP contribution in [0.1, 0.15) is 47.2 Å². The zero-order valence-electron chi connectivity index (χ0n) is 17.6. The van der Waals surface area contributed by atoms with E-state index >= 15 is 0 Å². The number of aliphatic hydroxyl groups excluding tert-OH is 1. The van der Waals surface area contributed by atoms with Crippen LogP contribution in [0, 0.1) is 0 Å². The SMILES string of the molecule is O=C(CCCNC(=O)c1ccc(Cl)cc1)NCc1ccc(CN2CCC(O)CC2)cc1. The van der Waals surface area contributed by atoms with Crippen LogP contribution in [0.25, 0.3) is 0 Å². The van der Waals surface area contributed by atoms with Crippen LogP contribution in [0.4, 0.5) is 0 Å². The van der Waals surface area contributed by atoms with Gasteiger partial charge in [0.15, 0.2) is 0 Å². The van der Waals surface area contributed by atoms with Crippen LogP contribution in [0.15, 0.2) is 48.5 Å². The number of carbonyl (C=O) groups is 2. The van der Waals surface area contributed by atoms with Gasteiger partial charge in [-0.1, -0.05) is 35.9 Å². The Balaban J connectivity index is 1.30. The number of halogens is 1. The summed E-state index contributed by atoms with van der Waals surface area (Å²) in [6.45, 7) is 3.68. The lowest BCUT2D eigenvalue weighted by molar-refractivity contribution is -0.121. The average molecular weight is 444 g/mol. The number of amides is 2. The Morgan fingerprint density at radius 2 is 1.61 bits per heavy atom. The van der Waals surface area contributed by atoms with Crippen molar-refractivity contribution in [1.29, 1.82) is 0 Å². The van der Waals surface area contributed by atoms with E-state index in [4.69, 9.17) is 11.6 Å². The smallest absolute Gasteiger partial charge is 0.251 e. The first kappa shape index (κ1) is 23.3. The third-order valence-corrected chi connectivity index (χ3v) is 5.70. The molecule has 31 heavy (non-hydrogen) atoms. The van der Waals surface area contributed by atoms with Crippen molar-refractivity contribution in [3.8, 4) is 0 Å². The first-order valence-corrected chi connectivity index (χ1v) is 11.2. The number of rotatable bonds is 9. The number of nitrogens with zero attached hydrogens (tertiary/aromatic N) is 1. The van der Waals surface area contributed by atoms with Crippen molar-refractivity contribution < 1.29 is 14.7 Å². The molecule has 2 aromatic rings. The first-order valence-electron chi connectivity index (χ1n) is 10.8. The van der Waals surface area contributed by atoms with Gasteiger partial charge in [-0.2, -0.15) is 0 Å². The van der Waals surface area contributed by atoms with Crippen LogP contribution in [-0.4, -0.2) is 47.6 Å². The lowest BCUT2D eigenvalue weighted by Crippen LogP contribution is -2.35.